The average molecular weight is 274 g/mol. The summed E-state index contributed by atoms with van der Waals surface area (Å²) in [5.74, 6) is 0.479. The van der Waals surface area contributed by atoms with Gasteiger partial charge >= 0.3 is 7.12 Å². The van der Waals surface area contributed by atoms with Crippen molar-refractivity contribution in [2.45, 2.75) is 33.9 Å². The first-order chi connectivity index (χ1) is 9.51. The third-order valence-electron chi connectivity index (χ3n) is 3.10. The largest absolute Gasteiger partial charge is 0.492 e. The first kappa shape index (κ1) is 14.6. The summed E-state index contributed by atoms with van der Waals surface area (Å²) in [7, 11) is -1.54. The molecule has 0 aliphatic rings. The molecule has 1 aromatic heterocycles. The Hall–Kier alpha value is -1.79. The average Bonchev–Trinajstić information content (AvgIpc) is 2.77. The van der Waals surface area contributed by atoms with Gasteiger partial charge in [0.15, 0.2) is 0 Å². The van der Waals surface area contributed by atoms with Crippen LogP contribution in [0.4, 0.5) is 0 Å². The summed E-state index contributed by atoms with van der Waals surface area (Å²) in [6.45, 7) is 6.97. The number of aryl methyl sites for hydroxylation is 3. The highest BCUT2D eigenvalue weighted by Gasteiger charge is 2.17. The Morgan fingerprint density at radius 2 is 2.00 bits per heavy atom. The molecule has 0 spiro atoms. The van der Waals surface area contributed by atoms with Gasteiger partial charge in [-0.2, -0.15) is 5.10 Å². The zero-order valence-electron chi connectivity index (χ0n) is 12.0. The predicted molar refractivity (Wildman–Crippen MR) is 78.0 cm³/mol. The number of hydrogen-bond donors (Lipinski definition) is 2. The summed E-state index contributed by atoms with van der Waals surface area (Å²) in [5, 5.41) is 23.1. The summed E-state index contributed by atoms with van der Waals surface area (Å²) in [6.07, 6.45) is 0. The maximum atomic E-state index is 9.39. The fourth-order valence-electron chi connectivity index (χ4n) is 2.14. The molecule has 20 heavy (non-hydrogen) atoms. The molecular weight excluding hydrogens is 255 g/mol. The number of aromatic nitrogens is 2. The van der Waals surface area contributed by atoms with Crippen LogP contribution in [0.25, 0.3) is 0 Å². The van der Waals surface area contributed by atoms with Crippen LogP contribution in [0.5, 0.6) is 5.75 Å². The predicted octanol–water partition coefficient (Wildman–Crippen LogP) is 0.779. The number of benzene rings is 1. The van der Waals surface area contributed by atoms with E-state index in [-0.39, 0.29) is 0 Å². The van der Waals surface area contributed by atoms with Crippen molar-refractivity contribution in [1.29, 1.82) is 0 Å². The lowest BCUT2D eigenvalue weighted by molar-refractivity contribution is 0.293. The van der Waals surface area contributed by atoms with Crippen LogP contribution in [0.1, 0.15) is 23.9 Å². The van der Waals surface area contributed by atoms with Crippen LogP contribution in [0, 0.1) is 13.8 Å². The maximum absolute atomic E-state index is 9.39. The minimum Gasteiger partial charge on any atom is -0.488 e. The second-order valence-corrected chi connectivity index (χ2v) is 4.80. The molecule has 2 rings (SSSR count). The fourth-order valence-corrected chi connectivity index (χ4v) is 2.14. The smallest absolute Gasteiger partial charge is 0.488 e. The van der Waals surface area contributed by atoms with Gasteiger partial charge in [0.2, 0.25) is 0 Å². The normalized spacial score (nSPS) is 10.7. The van der Waals surface area contributed by atoms with Crippen LogP contribution >= 0.6 is 0 Å². The van der Waals surface area contributed by atoms with Gasteiger partial charge in [-0.15, -0.1) is 0 Å². The number of hydrogen-bond acceptors (Lipinski definition) is 4. The van der Waals surface area contributed by atoms with Gasteiger partial charge in [0.25, 0.3) is 0 Å². The lowest BCUT2D eigenvalue weighted by Crippen LogP contribution is -2.31. The fraction of sp³-hybridized carbons (Fsp3) is 0.357. The Morgan fingerprint density at radius 3 is 2.65 bits per heavy atom. The van der Waals surface area contributed by atoms with E-state index in [1.807, 2.05) is 37.6 Å². The topological polar surface area (TPSA) is 67.5 Å². The van der Waals surface area contributed by atoms with E-state index in [0.717, 1.165) is 23.5 Å². The van der Waals surface area contributed by atoms with Crippen LogP contribution < -0.4 is 10.2 Å². The van der Waals surface area contributed by atoms with E-state index in [2.05, 4.69) is 5.10 Å². The zero-order valence-corrected chi connectivity index (χ0v) is 12.0. The van der Waals surface area contributed by atoms with Crippen molar-refractivity contribution < 1.29 is 14.8 Å². The molecule has 1 heterocycles. The molecule has 0 amide bonds. The van der Waals surface area contributed by atoms with Gasteiger partial charge in [-0.1, -0.05) is 17.7 Å². The molecule has 0 aliphatic carbocycles. The minimum atomic E-state index is -1.54. The van der Waals surface area contributed by atoms with E-state index in [1.165, 1.54) is 0 Å². The highest BCUT2D eigenvalue weighted by Crippen LogP contribution is 2.13. The van der Waals surface area contributed by atoms with Crippen LogP contribution in [0.2, 0.25) is 0 Å². The van der Waals surface area contributed by atoms with Gasteiger partial charge < -0.3 is 14.8 Å². The molecule has 0 saturated heterocycles. The van der Waals surface area contributed by atoms with Crippen molar-refractivity contribution in [3.8, 4) is 5.75 Å². The van der Waals surface area contributed by atoms with Gasteiger partial charge in [0.1, 0.15) is 12.4 Å². The van der Waals surface area contributed by atoms with Crippen LogP contribution in [-0.2, 0) is 13.2 Å². The third-order valence-corrected chi connectivity index (χ3v) is 3.10. The van der Waals surface area contributed by atoms with E-state index < -0.39 is 7.12 Å². The monoisotopic (exact) mass is 274 g/mol. The molecule has 2 N–H and O–H groups in total. The minimum absolute atomic E-state index is 0.345. The molecule has 2 aromatic rings. The van der Waals surface area contributed by atoms with Gasteiger partial charge in [-0.05, 0) is 32.9 Å². The summed E-state index contributed by atoms with van der Waals surface area (Å²) < 4.78 is 7.59. The highest BCUT2D eigenvalue weighted by atomic mass is 16.5. The first-order valence-corrected chi connectivity index (χ1v) is 6.64. The molecule has 0 saturated carbocycles. The van der Waals surface area contributed by atoms with Crippen molar-refractivity contribution in [3.05, 3.63) is 41.2 Å². The molecule has 0 fully saturated rings. The second-order valence-electron chi connectivity index (χ2n) is 4.80. The number of rotatable bonds is 5. The Morgan fingerprint density at radius 1 is 1.25 bits per heavy atom. The lowest BCUT2D eigenvalue weighted by Gasteiger charge is -2.12. The molecule has 1 aromatic carbocycles. The van der Waals surface area contributed by atoms with Crippen molar-refractivity contribution in [2.75, 3.05) is 0 Å². The zero-order chi connectivity index (χ0) is 14.7. The summed E-state index contributed by atoms with van der Waals surface area (Å²) >= 11 is 0. The molecule has 5 nitrogen and oxygen atoms in total. The summed E-state index contributed by atoms with van der Waals surface area (Å²) in [5.41, 5.74) is 3.24. The van der Waals surface area contributed by atoms with Crippen molar-refractivity contribution >= 4 is 12.6 Å². The Labute approximate surface area is 119 Å². The maximum Gasteiger partial charge on any atom is 0.492 e. The van der Waals surface area contributed by atoms with E-state index in [0.29, 0.717) is 17.8 Å². The number of ether oxygens (including phenoxy) is 1. The third kappa shape index (κ3) is 3.21. The van der Waals surface area contributed by atoms with Gasteiger partial charge in [0.05, 0.1) is 11.4 Å². The Balaban J connectivity index is 2.18. The Bertz CT molecular complexity index is 596. The van der Waals surface area contributed by atoms with E-state index in [9.17, 15) is 10.0 Å². The van der Waals surface area contributed by atoms with E-state index in [4.69, 9.17) is 4.74 Å². The van der Waals surface area contributed by atoms with Gasteiger partial charge in [0, 0.05) is 12.0 Å². The molecule has 0 unspecified atom stereocenters. The highest BCUT2D eigenvalue weighted by molar-refractivity contribution is 6.59. The molecule has 0 radical (unpaired) electrons. The van der Waals surface area contributed by atoms with Gasteiger partial charge in [-0.3, -0.25) is 4.68 Å². The molecular formula is C14H19BN2O3. The lowest BCUT2D eigenvalue weighted by atomic mass is 9.79. The SMILES string of the molecule is CCn1nc(C)cc1COc1ccc(C)cc1B(O)O. The Kier molecular flexibility index (Phi) is 4.47. The van der Waals surface area contributed by atoms with Crippen LogP contribution in [0.3, 0.4) is 0 Å². The molecule has 106 valence electrons. The van der Waals surface area contributed by atoms with Crippen molar-refractivity contribution in [2.24, 2.45) is 0 Å². The summed E-state index contributed by atoms with van der Waals surface area (Å²) in [6, 6.07) is 7.31. The molecule has 0 aliphatic heterocycles. The van der Waals surface area contributed by atoms with E-state index in [1.54, 1.807) is 12.1 Å². The van der Waals surface area contributed by atoms with Crippen molar-refractivity contribution in [1.82, 2.24) is 9.78 Å². The van der Waals surface area contributed by atoms with Crippen LogP contribution in [0.15, 0.2) is 24.3 Å². The molecule has 6 heteroatoms. The number of nitrogens with zero attached hydrogens (tertiary/aromatic N) is 2. The van der Waals surface area contributed by atoms with E-state index >= 15 is 0 Å². The first-order valence-electron chi connectivity index (χ1n) is 6.64. The quantitative estimate of drug-likeness (QED) is 0.791. The van der Waals surface area contributed by atoms with Crippen molar-refractivity contribution in [3.63, 3.8) is 0 Å². The van der Waals surface area contributed by atoms with Gasteiger partial charge in [-0.25, -0.2) is 0 Å². The standard InChI is InChI=1S/C14H19BN2O3/c1-4-17-12(8-11(3)16-17)9-20-14-6-5-10(2)7-13(14)15(18)19/h5-8,18-19H,4,9H2,1-3H3. The molecule has 0 atom stereocenters. The second kappa shape index (κ2) is 6.11. The molecule has 0 bridgehead atoms. The summed E-state index contributed by atoms with van der Waals surface area (Å²) in [4.78, 5) is 0. The van der Waals surface area contributed by atoms with Crippen LogP contribution in [-0.4, -0.2) is 26.9 Å².